The van der Waals surface area contributed by atoms with Gasteiger partial charge in [-0.15, -0.1) is 11.3 Å². The maximum atomic E-state index is 11.6. The summed E-state index contributed by atoms with van der Waals surface area (Å²) in [4.78, 5) is 16.2. The quantitative estimate of drug-likeness (QED) is 0.621. The van der Waals surface area contributed by atoms with Gasteiger partial charge in [0.05, 0.1) is 25.5 Å². The van der Waals surface area contributed by atoms with Gasteiger partial charge in [0.15, 0.2) is 11.5 Å². The fourth-order valence-electron chi connectivity index (χ4n) is 2.27. The fraction of sp³-hybridized carbons (Fsp3) is 0.158. The van der Waals surface area contributed by atoms with Gasteiger partial charge < -0.3 is 14.2 Å². The number of ether oxygens (including phenoxy) is 3. The molecule has 0 radical (unpaired) electrons. The van der Waals surface area contributed by atoms with E-state index in [1.807, 2.05) is 35.7 Å². The summed E-state index contributed by atoms with van der Waals surface area (Å²) in [6, 6.07) is 14.9. The monoisotopic (exact) mass is 355 g/mol. The number of benzene rings is 2. The Morgan fingerprint density at radius 2 is 1.88 bits per heavy atom. The average molecular weight is 355 g/mol. The van der Waals surface area contributed by atoms with Crippen LogP contribution in [-0.2, 0) is 11.3 Å². The molecule has 0 saturated heterocycles. The summed E-state index contributed by atoms with van der Waals surface area (Å²) < 4.78 is 15.8. The number of hydrogen-bond acceptors (Lipinski definition) is 6. The second-order valence-corrected chi connectivity index (χ2v) is 6.01. The molecule has 3 aromatic rings. The minimum atomic E-state index is -0.420. The molecule has 6 heteroatoms. The number of nitrogens with zero attached hydrogens (tertiary/aromatic N) is 1. The number of rotatable bonds is 6. The third-order valence-electron chi connectivity index (χ3n) is 3.53. The molecule has 3 rings (SSSR count). The van der Waals surface area contributed by atoms with E-state index in [0.717, 1.165) is 16.3 Å². The van der Waals surface area contributed by atoms with E-state index >= 15 is 0 Å². The zero-order chi connectivity index (χ0) is 17.6. The molecule has 0 aliphatic carbocycles. The molecule has 128 valence electrons. The first-order valence-electron chi connectivity index (χ1n) is 7.60. The fourth-order valence-corrected chi connectivity index (χ4v) is 3.08. The van der Waals surface area contributed by atoms with Gasteiger partial charge in [-0.2, -0.15) is 0 Å². The molecule has 1 aromatic heterocycles. The molecule has 0 spiro atoms. The van der Waals surface area contributed by atoms with Crippen LogP contribution in [0.25, 0.3) is 10.6 Å². The van der Waals surface area contributed by atoms with Gasteiger partial charge in [-0.05, 0) is 18.2 Å². The van der Waals surface area contributed by atoms with E-state index in [4.69, 9.17) is 14.2 Å². The number of methoxy groups -OCH3 is 2. The Morgan fingerprint density at radius 1 is 1.08 bits per heavy atom. The van der Waals surface area contributed by atoms with Crippen LogP contribution in [0, 0.1) is 0 Å². The minimum absolute atomic E-state index is 0.317. The smallest absolute Gasteiger partial charge is 0.337 e. The van der Waals surface area contributed by atoms with Gasteiger partial charge in [0.25, 0.3) is 0 Å². The molecule has 0 aliphatic rings. The van der Waals surface area contributed by atoms with Crippen molar-refractivity contribution in [3.63, 3.8) is 0 Å². The van der Waals surface area contributed by atoms with E-state index in [1.165, 1.54) is 14.2 Å². The second kappa shape index (κ2) is 7.81. The second-order valence-electron chi connectivity index (χ2n) is 5.16. The predicted molar refractivity (Wildman–Crippen MR) is 96.2 cm³/mol. The molecular weight excluding hydrogens is 338 g/mol. The number of carbonyl (C=O) groups is 1. The predicted octanol–water partition coefficient (Wildman–Crippen LogP) is 4.18. The maximum absolute atomic E-state index is 11.6. The Bertz CT molecular complexity index is 861. The highest BCUT2D eigenvalue weighted by atomic mass is 32.1. The molecule has 25 heavy (non-hydrogen) atoms. The van der Waals surface area contributed by atoms with Crippen LogP contribution in [0.4, 0.5) is 0 Å². The van der Waals surface area contributed by atoms with Gasteiger partial charge in [0, 0.05) is 10.9 Å². The van der Waals surface area contributed by atoms with Crippen molar-refractivity contribution in [3.05, 3.63) is 65.2 Å². The van der Waals surface area contributed by atoms with Crippen molar-refractivity contribution in [2.75, 3.05) is 14.2 Å². The first kappa shape index (κ1) is 17.0. The number of esters is 1. The van der Waals surface area contributed by atoms with Crippen LogP contribution in [0.2, 0.25) is 0 Å². The van der Waals surface area contributed by atoms with Crippen molar-refractivity contribution < 1.29 is 19.0 Å². The minimum Gasteiger partial charge on any atom is -0.493 e. The van der Waals surface area contributed by atoms with E-state index < -0.39 is 5.97 Å². The summed E-state index contributed by atoms with van der Waals surface area (Å²) in [5, 5.41) is 2.92. The zero-order valence-corrected chi connectivity index (χ0v) is 14.7. The summed E-state index contributed by atoms with van der Waals surface area (Å²) in [6.45, 7) is 0.317. The normalized spacial score (nSPS) is 10.3. The van der Waals surface area contributed by atoms with Crippen LogP contribution in [0.3, 0.4) is 0 Å². The highest BCUT2D eigenvalue weighted by Gasteiger charge is 2.12. The molecular formula is C19H17NO4S. The Labute approximate surface area is 149 Å². The molecule has 0 N–H and O–H groups in total. The summed E-state index contributed by atoms with van der Waals surface area (Å²) in [5.41, 5.74) is 2.33. The molecule has 2 aromatic carbocycles. The van der Waals surface area contributed by atoms with Gasteiger partial charge >= 0.3 is 5.97 Å². The lowest BCUT2D eigenvalue weighted by Gasteiger charge is -2.10. The van der Waals surface area contributed by atoms with Crippen molar-refractivity contribution in [1.29, 1.82) is 0 Å². The van der Waals surface area contributed by atoms with Gasteiger partial charge in [0.1, 0.15) is 11.6 Å². The Morgan fingerprint density at radius 3 is 2.60 bits per heavy atom. The number of carbonyl (C=O) groups excluding carboxylic acids is 1. The van der Waals surface area contributed by atoms with Crippen molar-refractivity contribution in [2.24, 2.45) is 0 Å². The van der Waals surface area contributed by atoms with E-state index in [1.54, 1.807) is 29.5 Å². The van der Waals surface area contributed by atoms with Crippen molar-refractivity contribution in [1.82, 2.24) is 4.98 Å². The highest BCUT2D eigenvalue weighted by Crippen LogP contribution is 2.30. The van der Waals surface area contributed by atoms with Crippen LogP contribution in [0.15, 0.2) is 53.9 Å². The van der Waals surface area contributed by atoms with Crippen molar-refractivity contribution in [2.45, 2.75) is 6.61 Å². The topological polar surface area (TPSA) is 57.7 Å². The maximum Gasteiger partial charge on any atom is 0.337 e. The third kappa shape index (κ3) is 3.97. The Kier molecular flexibility index (Phi) is 5.30. The van der Waals surface area contributed by atoms with E-state index in [0.29, 0.717) is 23.7 Å². The molecule has 0 bridgehead atoms. The standard InChI is InChI=1S/C19H17NO4S/c1-22-17-10-14(19(21)23-2)8-9-16(17)24-11-15-12-25-18(20-15)13-6-4-3-5-7-13/h3-10,12H,11H2,1-2H3. The van der Waals surface area contributed by atoms with Gasteiger partial charge in [-0.1, -0.05) is 30.3 Å². The summed E-state index contributed by atoms with van der Waals surface area (Å²) in [6.07, 6.45) is 0. The molecule has 0 saturated carbocycles. The molecule has 0 fully saturated rings. The number of aromatic nitrogens is 1. The van der Waals surface area contributed by atoms with E-state index in [2.05, 4.69) is 4.98 Å². The summed E-state index contributed by atoms with van der Waals surface area (Å²) in [5.74, 6) is 0.600. The molecule has 1 heterocycles. The number of thiazole rings is 1. The van der Waals surface area contributed by atoms with Gasteiger partial charge in [-0.25, -0.2) is 9.78 Å². The molecule has 0 unspecified atom stereocenters. The lowest BCUT2D eigenvalue weighted by molar-refractivity contribution is 0.0600. The summed E-state index contributed by atoms with van der Waals surface area (Å²) >= 11 is 1.57. The molecule has 0 aliphatic heterocycles. The third-order valence-corrected chi connectivity index (χ3v) is 4.47. The lowest BCUT2D eigenvalue weighted by Crippen LogP contribution is -2.03. The largest absolute Gasteiger partial charge is 0.493 e. The van der Waals surface area contributed by atoms with Gasteiger partial charge in [-0.3, -0.25) is 0 Å². The molecule has 5 nitrogen and oxygen atoms in total. The van der Waals surface area contributed by atoms with E-state index in [-0.39, 0.29) is 0 Å². The first-order chi connectivity index (χ1) is 12.2. The SMILES string of the molecule is COC(=O)c1ccc(OCc2csc(-c3ccccc3)n2)c(OC)c1. The van der Waals surface area contributed by atoms with Gasteiger partial charge in [0.2, 0.25) is 0 Å². The lowest BCUT2D eigenvalue weighted by atomic mass is 10.2. The molecule has 0 amide bonds. The van der Waals surface area contributed by atoms with Crippen LogP contribution in [0.1, 0.15) is 16.1 Å². The van der Waals surface area contributed by atoms with E-state index in [9.17, 15) is 4.79 Å². The van der Waals surface area contributed by atoms with Crippen molar-refractivity contribution >= 4 is 17.3 Å². The van der Waals surface area contributed by atoms with Crippen LogP contribution < -0.4 is 9.47 Å². The van der Waals surface area contributed by atoms with Crippen LogP contribution in [-0.4, -0.2) is 25.2 Å². The first-order valence-corrected chi connectivity index (χ1v) is 8.48. The Balaban J connectivity index is 1.71. The van der Waals surface area contributed by atoms with Crippen LogP contribution >= 0.6 is 11.3 Å². The number of hydrogen-bond donors (Lipinski definition) is 0. The highest BCUT2D eigenvalue weighted by molar-refractivity contribution is 7.13. The Hall–Kier alpha value is -2.86. The molecule has 0 atom stereocenters. The summed E-state index contributed by atoms with van der Waals surface area (Å²) in [7, 11) is 2.87. The average Bonchev–Trinajstić information content (AvgIpc) is 3.15. The van der Waals surface area contributed by atoms with Crippen molar-refractivity contribution in [3.8, 4) is 22.1 Å². The zero-order valence-electron chi connectivity index (χ0n) is 13.9. The van der Waals surface area contributed by atoms with Crippen LogP contribution in [0.5, 0.6) is 11.5 Å².